The number of fused-ring (bicyclic) bond motifs is 2. The normalized spacial score (nSPS) is 15.0. The lowest BCUT2D eigenvalue weighted by molar-refractivity contribution is -0.116. The number of carbonyl (C=O) groups excluding carboxylic acids is 1. The highest BCUT2D eigenvalue weighted by molar-refractivity contribution is 7.93. The van der Waals surface area contributed by atoms with Crippen molar-refractivity contribution >= 4 is 27.7 Å². The third kappa shape index (κ3) is 5.31. The van der Waals surface area contributed by atoms with Crippen LogP contribution in [0.4, 0.5) is 14.5 Å². The smallest absolute Gasteiger partial charge is 0.387 e. The Morgan fingerprint density at radius 1 is 1.12 bits per heavy atom. The number of ether oxygens (including phenoxy) is 3. The summed E-state index contributed by atoms with van der Waals surface area (Å²) in [6, 6.07) is 9.37. The molecule has 34 heavy (non-hydrogen) atoms. The number of carbonyl (C=O) groups is 1. The number of aryl methyl sites for hydroxylation is 1. The van der Waals surface area contributed by atoms with E-state index in [1.54, 1.807) is 31.2 Å². The fourth-order valence-corrected chi connectivity index (χ4v) is 5.43. The van der Waals surface area contributed by atoms with Gasteiger partial charge in [-0.2, -0.15) is 13.1 Å². The van der Waals surface area contributed by atoms with Crippen molar-refractivity contribution in [3.63, 3.8) is 0 Å². The quantitative estimate of drug-likeness (QED) is 0.602. The van der Waals surface area contributed by atoms with Crippen molar-refractivity contribution in [1.29, 1.82) is 0 Å². The van der Waals surface area contributed by atoms with E-state index in [1.165, 1.54) is 18.2 Å². The summed E-state index contributed by atoms with van der Waals surface area (Å²) in [5.41, 5.74) is 1.80. The van der Waals surface area contributed by atoms with Gasteiger partial charge in [0.15, 0.2) is 11.5 Å². The van der Waals surface area contributed by atoms with E-state index in [9.17, 15) is 22.0 Å². The summed E-state index contributed by atoms with van der Waals surface area (Å²) in [4.78, 5) is 12.8. The molecule has 4 rings (SSSR count). The van der Waals surface area contributed by atoms with E-state index in [4.69, 9.17) is 9.47 Å². The zero-order valence-corrected chi connectivity index (χ0v) is 19.2. The molecule has 2 aromatic rings. The Morgan fingerprint density at radius 2 is 1.88 bits per heavy atom. The zero-order chi connectivity index (χ0) is 24.3. The molecule has 0 fully saturated rings. The van der Waals surface area contributed by atoms with Gasteiger partial charge in [0.25, 0.3) is 0 Å². The fraction of sp³-hybridized carbons (Fsp3) is 0.348. The van der Waals surface area contributed by atoms with Gasteiger partial charge in [0.2, 0.25) is 15.9 Å². The number of halogens is 2. The Kier molecular flexibility index (Phi) is 7.03. The van der Waals surface area contributed by atoms with Crippen molar-refractivity contribution in [2.45, 2.75) is 26.4 Å². The summed E-state index contributed by atoms with van der Waals surface area (Å²) in [6.07, 6.45) is 2.05. The van der Waals surface area contributed by atoms with E-state index >= 15 is 0 Å². The van der Waals surface area contributed by atoms with E-state index < -0.39 is 22.5 Å². The Balaban J connectivity index is 1.46. The van der Waals surface area contributed by atoms with Gasteiger partial charge in [-0.15, -0.1) is 0 Å². The standard InChI is InChI=1S/C23H24F2N2O6S/c1-2-27(14-22(28)26-17-5-8-20-21(13-17)32-10-9-31-20)34(29,30)19-7-4-15-11-18(33-23(24)25)6-3-16(15)12-19/h3,5-6,8,11-13,23H,2,4,7,9-10,14H2,1H3,(H,26,28). The molecule has 2 aromatic carbocycles. The topological polar surface area (TPSA) is 94.2 Å². The number of sulfonamides is 1. The average molecular weight is 495 g/mol. The number of allylic oxidation sites excluding steroid dienone is 1. The van der Waals surface area contributed by atoms with Gasteiger partial charge >= 0.3 is 6.61 Å². The van der Waals surface area contributed by atoms with Gasteiger partial charge in [0.1, 0.15) is 19.0 Å². The SMILES string of the molecule is CCN(CC(=O)Nc1ccc2c(c1)OCCO2)S(=O)(=O)C1=Cc2ccc(OC(F)F)cc2CC1. The summed E-state index contributed by atoms with van der Waals surface area (Å²) in [5.74, 6) is 0.628. The van der Waals surface area contributed by atoms with Crippen molar-refractivity contribution in [3.05, 3.63) is 52.4 Å². The lowest BCUT2D eigenvalue weighted by Gasteiger charge is -2.24. The van der Waals surface area contributed by atoms with Crippen LogP contribution < -0.4 is 19.5 Å². The molecule has 11 heteroatoms. The van der Waals surface area contributed by atoms with Crippen LogP contribution in [0.25, 0.3) is 6.08 Å². The van der Waals surface area contributed by atoms with E-state index in [-0.39, 0.29) is 30.2 Å². The van der Waals surface area contributed by atoms with Crippen LogP contribution in [-0.2, 0) is 21.2 Å². The number of anilines is 1. The highest BCUT2D eigenvalue weighted by Gasteiger charge is 2.29. The zero-order valence-electron chi connectivity index (χ0n) is 18.4. The highest BCUT2D eigenvalue weighted by atomic mass is 32.2. The molecular formula is C23H24F2N2O6S. The number of hydrogen-bond donors (Lipinski definition) is 1. The number of rotatable bonds is 8. The number of alkyl halides is 2. The van der Waals surface area contributed by atoms with Gasteiger partial charge in [-0.1, -0.05) is 13.0 Å². The average Bonchev–Trinajstić information content (AvgIpc) is 2.81. The van der Waals surface area contributed by atoms with Crippen molar-refractivity contribution in [1.82, 2.24) is 4.31 Å². The molecule has 2 aliphatic rings. The molecule has 0 radical (unpaired) electrons. The summed E-state index contributed by atoms with van der Waals surface area (Å²) < 4.78 is 67.8. The maximum atomic E-state index is 13.2. The molecule has 1 aliphatic heterocycles. The van der Waals surface area contributed by atoms with Gasteiger partial charge in [0, 0.05) is 18.3 Å². The van der Waals surface area contributed by atoms with Crippen molar-refractivity contribution in [2.75, 3.05) is 31.6 Å². The lowest BCUT2D eigenvalue weighted by atomic mass is 9.97. The predicted octanol–water partition coefficient (Wildman–Crippen LogP) is 3.64. The molecule has 0 spiro atoms. The van der Waals surface area contributed by atoms with Crippen LogP contribution in [0.15, 0.2) is 41.3 Å². The van der Waals surface area contributed by atoms with Crippen LogP contribution >= 0.6 is 0 Å². The molecule has 0 saturated carbocycles. The highest BCUT2D eigenvalue weighted by Crippen LogP contribution is 2.33. The maximum Gasteiger partial charge on any atom is 0.387 e. The monoisotopic (exact) mass is 494 g/mol. The third-order valence-corrected chi connectivity index (χ3v) is 7.52. The molecule has 0 atom stereocenters. The van der Waals surface area contributed by atoms with Crippen LogP contribution in [0.1, 0.15) is 24.5 Å². The summed E-state index contributed by atoms with van der Waals surface area (Å²) in [7, 11) is -3.91. The van der Waals surface area contributed by atoms with Crippen LogP contribution in [0.5, 0.6) is 17.2 Å². The second-order valence-corrected chi connectivity index (χ2v) is 9.68. The lowest BCUT2D eigenvalue weighted by Crippen LogP contribution is -2.38. The fourth-order valence-electron chi connectivity index (χ4n) is 3.84. The number of amides is 1. The van der Waals surface area contributed by atoms with E-state index in [0.29, 0.717) is 42.4 Å². The molecule has 1 aliphatic carbocycles. The van der Waals surface area contributed by atoms with Crippen LogP contribution in [0, 0.1) is 0 Å². The molecule has 182 valence electrons. The molecule has 0 aromatic heterocycles. The Morgan fingerprint density at radius 3 is 2.62 bits per heavy atom. The number of nitrogens with one attached hydrogen (secondary N) is 1. The largest absolute Gasteiger partial charge is 0.486 e. The molecule has 8 nitrogen and oxygen atoms in total. The van der Waals surface area contributed by atoms with Crippen molar-refractivity contribution in [2.24, 2.45) is 0 Å². The molecule has 0 bridgehead atoms. The number of likely N-dealkylation sites (N-methyl/N-ethyl adjacent to an activating group) is 1. The Hall–Kier alpha value is -3.18. The summed E-state index contributed by atoms with van der Waals surface area (Å²) in [6.45, 7) is -0.682. The van der Waals surface area contributed by atoms with Gasteiger partial charge in [-0.25, -0.2) is 8.42 Å². The van der Waals surface area contributed by atoms with E-state index in [1.807, 2.05) is 0 Å². The Bertz CT molecular complexity index is 1220. The minimum Gasteiger partial charge on any atom is -0.486 e. The van der Waals surface area contributed by atoms with Gasteiger partial charge in [-0.3, -0.25) is 4.79 Å². The first-order valence-electron chi connectivity index (χ1n) is 10.7. The van der Waals surface area contributed by atoms with Gasteiger partial charge in [-0.05, 0) is 54.3 Å². The van der Waals surface area contributed by atoms with Gasteiger partial charge in [0.05, 0.1) is 11.4 Å². The number of benzene rings is 2. The van der Waals surface area contributed by atoms with Crippen LogP contribution in [0.3, 0.4) is 0 Å². The van der Waals surface area contributed by atoms with Crippen LogP contribution in [-0.4, -0.2) is 51.5 Å². The maximum absolute atomic E-state index is 13.2. The third-order valence-electron chi connectivity index (χ3n) is 5.47. The Labute approximate surface area is 196 Å². The minimum atomic E-state index is -3.91. The first-order valence-corrected chi connectivity index (χ1v) is 12.2. The molecule has 1 heterocycles. The first-order chi connectivity index (χ1) is 16.3. The molecule has 0 saturated heterocycles. The summed E-state index contributed by atoms with van der Waals surface area (Å²) >= 11 is 0. The molecule has 1 amide bonds. The number of nitrogens with zero attached hydrogens (tertiary/aromatic N) is 1. The number of hydrogen-bond acceptors (Lipinski definition) is 6. The molecular weight excluding hydrogens is 470 g/mol. The minimum absolute atomic E-state index is 0.0273. The van der Waals surface area contributed by atoms with Crippen molar-refractivity contribution in [3.8, 4) is 17.2 Å². The predicted molar refractivity (Wildman–Crippen MR) is 122 cm³/mol. The van der Waals surface area contributed by atoms with Crippen molar-refractivity contribution < 1.29 is 36.2 Å². The molecule has 1 N–H and O–H groups in total. The first kappa shape index (κ1) is 24.0. The summed E-state index contributed by atoms with van der Waals surface area (Å²) in [5, 5.41) is 2.69. The van der Waals surface area contributed by atoms with Crippen LogP contribution in [0.2, 0.25) is 0 Å². The van der Waals surface area contributed by atoms with E-state index in [0.717, 1.165) is 9.87 Å². The molecule has 0 unspecified atom stereocenters. The van der Waals surface area contributed by atoms with E-state index in [2.05, 4.69) is 10.1 Å². The second kappa shape index (κ2) is 9.98. The van der Waals surface area contributed by atoms with Gasteiger partial charge < -0.3 is 19.5 Å². The second-order valence-electron chi connectivity index (χ2n) is 7.69.